The monoisotopic (exact) mass is 511 g/mol. The van der Waals surface area contributed by atoms with Gasteiger partial charge in [-0.05, 0) is 53.7 Å². The first-order chi connectivity index (χ1) is 16.3. The van der Waals surface area contributed by atoms with Gasteiger partial charge in [-0.1, -0.05) is 17.7 Å². The molecule has 5 atom stereocenters. The second-order valence-electron chi connectivity index (χ2n) is 9.81. The van der Waals surface area contributed by atoms with Crippen molar-refractivity contribution in [3.8, 4) is 0 Å². The van der Waals surface area contributed by atoms with Crippen molar-refractivity contribution in [3.05, 3.63) is 29.8 Å². The Hall–Kier alpha value is -2.66. The molecule has 0 spiro atoms. The number of benzene rings is 1. The van der Waals surface area contributed by atoms with Gasteiger partial charge < -0.3 is 19.5 Å². The molecule has 2 saturated carbocycles. The average molecular weight is 512 g/mol. The maximum Gasteiger partial charge on any atom is 0.408 e. The van der Waals surface area contributed by atoms with Crippen LogP contribution >= 0.6 is 0 Å². The molecule has 0 radical (unpaired) electrons. The molecule has 1 amide bonds. The number of rotatable bonds is 8. The van der Waals surface area contributed by atoms with Crippen molar-refractivity contribution in [2.45, 2.75) is 70.1 Å². The standard InChI is InChI=1S/C24H33NO9S/c1-7-31-20(26)18-17-16(34-35(29,30)15-11-9-14(3)10-12-15)13-24(19(17)18,21(27)32-8-2)25-22(28)33-23(4,5)6/h9-12,16-19H,7-8,13H2,1-6H3,(H,25,28). The van der Waals surface area contributed by atoms with Crippen LogP contribution in [0.4, 0.5) is 4.79 Å². The van der Waals surface area contributed by atoms with Gasteiger partial charge in [0, 0.05) is 18.3 Å². The minimum atomic E-state index is -4.22. The first-order valence-electron chi connectivity index (χ1n) is 11.6. The highest BCUT2D eigenvalue weighted by Crippen LogP contribution is 2.64. The first kappa shape index (κ1) is 26.9. The number of hydrogen-bond acceptors (Lipinski definition) is 9. The highest BCUT2D eigenvalue weighted by Gasteiger charge is 2.77. The number of amides is 1. The van der Waals surface area contributed by atoms with E-state index >= 15 is 0 Å². The van der Waals surface area contributed by atoms with Crippen LogP contribution in [0.25, 0.3) is 0 Å². The Morgan fingerprint density at radius 2 is 1.66 bits per heavy atom. The highest BCUT2D eigenvalue weighted by atomic mass is 32.2. The number of hydrogen-bond donors (Lipinski definition) is 1. The summed E-state index contributed by atoms with van der Waals surface area (Å²) in [6.45, 7) is 10.2. The van der Waals surface area contributed by atoms with Gasteiger partial charge >= 0.3 is 18.0 Å². The Kier molecular flexibility index (Phi) is 7.52. The van der Waals surface area contributed by atoms with Crippen LogP contribution in [0.3, 0.4) is 0 Å². The summed E-state index contributed by atoms with van der Waals surface area (Å²) in [6, 6.07) is 6.12. The van der Waals surface area contributed by atoms with Crippen molar-refractivity contribution >= 4 is 28.1 Å². The van der Waals surface area contributed by atoms with Crippen LogP contribution in [0.2, 0.25) is 0 Å². The predicted octanol–water partition coefficient (Wildman–Crippen LogP) is 2.72. The Labute approximate surface area is 205 Å². The van der Waals surface area contributed by atoms with E-state index in [0.29, 0.717) is 0 Å². The van der Waals surface area contributed by atoms with E-state index in [1.807, 2.05) is 6.92 Å². The van der Waals surface area contributed by atoms with Gasteiger partial charge in [0.05, 0.1) is 30.1 Å². The molecule has 1 N–H and O–H groups in total. The molecule has 0 heterocycles. The summed E-state index contributed by atoms with van der Waals surface area (Å²) in [4.78, 5) is 38.6. The topological polar surface area (TPSA) is 134 Å². The molecule has 0 bridgehead atoms. The highest BCUT2D eigenvalue weighted by molar-refractivity contribution is 7.86. The molecule has 10 nitrogen and oxygen atoms in total. The molecule has 2 aliphatic rings. The zero-order valence-electron chi connectivity index (χ0n) is 20.8. The number of nitrogens with one attached hydrogen (secondary N) is 1. The molecule has 0 aromatic heterocycles. The van der Waals surface area contributed by atoms with Crippen LogP contribution in [0.1, 0.15) is 46.6 Å². The number of esters is 2. The Bertz CT molecular complexity index is 1080. The Morgan fingerprint density at radius 1 is 1.06 bits per heavy atom. The summed E-state index contributed by atoms with van der Waals surface area (Å²) in [6.07, 6.45) is -2.16. The van der Waals surface area contributed by atoms with Gasteiger partial charge in [0.2, 0.25) is 0 Å². The summed E-state index contributed by atoms with van der Waals surface area (Å²) in [5, 5.41) is 2.60. The first-order valence-corrected chi connectivity index (χ1v) is 13.0. The lowest BCUT2D eigenvalue weighted by Gasteiger charge is -2.33. The van der Waals surface area contributed by atoms with Crippen LogP contribution in [-0.2, 0) is 38.1 Å². The molecule has 0 saturated heterocycles. The van der Waals surface area contributed by atoms with Crippen LogP contribution < -0.4 is 5.32 Å². The van der Waals surface area contributed by atoms with Crippen molar-refractivity contribution in [3.63, 3.8) is 0 Å². The lowest BCUT2D eigenvalue weighted by Crippen LogP contribution is -2.58. The third-order valence-electron chi connectivity index (χ3n) is 6.08. The smallest absolute Gasteiger partial charge is 0.408 e. The number of aryl methyl sites for hydroxylation is 1. The SMILES string of the molecule is CCOC(=O)C1C2C(OS(=O)(=O)c3ccc(C)cc3)CC(NC(=O)OC(C)(C)C)(C(=O)OCC)C12. The minimum absolute atomic E-state index is 0.0191. The van der Waals surface area contributed by atoms with E-state index in [4.69, 9.17) is 18.4 Å². The fourth-order valence-corrected chi connectivity index (χ4v) is 5.84. The van der Waals surface area contributed by atoms with Crippen molar-refractivity contribution < 1.29 is 41.2 Å². The average Bonchev–Trinajstić information content (AvgIpc) is 3.41. The quantitative estimate of drug-likeness (QED) is 0.317. The molecule has 3 rings (SSSR count). The van der Waals surface area contributed by atoms with Crippen LogP contribution in [-0.4, -0.2) is 56.9 Å². The number of fused-ring (bicyclic) bond motifs is 1. The van der Waals surface area contributed by atoms with E-state index in [-0.39, 0.29) is 24.5 Å². The van der Waals surface area contributed by atoms with Crippen molar-refractivity contribution in [1.29, 1.82) is 0 Å². The molecule has 194 valence electrons. The van der Waals surface area contributed by atoms with Gasteiger partial charge in [-0.2, -0.15) is 8.42 Å². The minimum Gasteiger partial charge on any atom is -0.466 e. The number of carbonyl (C=O) groups excluding carboxylic acids is 3. The molecule has 2 aliphatic carbocycles. The van der Waals surface area contributed by atoms with Crippen molar-refractivity contribution in [2.24, 2.45) is 17.8 Å². The third-order valence-corrected chi connectivity index (χ3v) is 7.43. The third kappa shape index (κ3) is 5.61. The van der Waals surface area contributed by atoms with Gasteiger partial charge in [-0.25, -0.2) is 9.59 Å². The largest absolute Gasteiger partial charge is 0.466 e. The number of alkyl carbamates (subject to hydrolysis) is 1. The summed E-state index contributed by atoms with van der Waals surface area (Å²) < 4.78 is 47.4. The van der Waals surface area contributed by atoms with Crippen molar-refractivity contribution in [1.82, 2.24) is 5.32 Å². The Morgan fingerprint density at radius 3 is 2.20 bits per heavy atom. The maximum atomic E-state index is 13.2. The molecule has 2 fully saturated rings. The van der Waals surface area contributed by atoms with Crippen molar-refractivity contribution in [2.75, 3.05) is 13.2 Å². The zero-order valence-corrected chi connectivity index (χ0v) is 21.6. The number of carbonyl (C=O) groups is 3. The summed E-state index contributed by atoms with van der Waals surface area (Å²) >= 11 is 0. The van der Waals surface area contributed by atoms with Gasteiger partial charge in [0.15, 0.2) is 0 Å². The van der Waals surface area contributed by atoms with E-state index in [9.17, 15) is 22.8 Å². The van der Waals surface area contributed by atoms with Crippen LogP contribution in [0, 0.1) is 24.7 Å². The molecule has 5 unspecified atom stereocenters. The predicted molar refractivity (Wildman–Crippen MR) is 124 cm³/mol. The summed E-state index contributed by atoms with van der Waals surface area (Å²) in [5.41, 5.74) is -1.70. The lowest BCUT2D eigenvalue weighted by molar-refractivity contribution is -0.154. The second-order valence-corrected chi connectivity index (χ2v) is 11.4. The molecular formula is C24H33NO9S. The summed E-state index contributed by atoms with van der Waals surface area (Å²) in [5.74, 6) is -3.67. The van der Waals surface area contributed by atoms with Gasteiger partial charge in [0.25, 0.3) is 10.1 Å². The molecule has 1 aromatic carbocycles. The lowest BCUT2D eigenvalue weighted by atomic mass is 9.89. The van der Waals surface area contributed by atoms with Gasteiger partial charge in [-0.15, -0.1) is 0 Å². The van der Waals surface area contributed by atoms with E-state index in [2.05, 4.69) is 5.32 Å². The second kappa shape index (κ2) is 9.77. The van der Waals surface area contributed by atoms with Crippen LogP contribution in [0.5, 0.6) is 0 Å². The molecule has 1 aromatic rings. The Balaban J connectivity index is 1.97. The zero-order chi connectivity index (χ0) is 26.2. The molecule has 0 aliphatic heterocycles. The van der Waals surface area contributed by atoms with Gasteiger partial charge in [-0.3, -0.25) is 8.98 Å². The normalized spacial score (nSPS) is 27.5. The summed E-state index contributed by atoms with van der Waals surface area (Å²) in [7, 11) is -4.22. The molecule has 35 heavy (non-hydrogen) atoms. The van der Waals surface area contributed by atoms with E-state index < -0.39 is 63.1 Å². The molecule has 11 heteroatoms. The van der Waals surface area contributed by atoms with Crippen LogP contribution in [0.15, 0.2) is 29.2 Å². The van der Waals surface area contributed by atoms with E-state index in [0.717, 1.165) is 5.56 Å². The number of ether oxygens (including phenoxy) is 3. The molecular weight excluding hydrogens is 478 g/mol. The van der Waals surface area contributed by atoms with E-state index in [1.54, 1.807) is 46.8 Å². The fourth-order valence-electron chi connectivity index (χ4n) is 4.74. The van der Waals surface area contributed by atoms with E-state index in [1.165, 1.54) is 12.1 Å². The fraction of sp³-hybridized carbons (Fsp3) is 0.625. The maximum absolute atomic E-state index is 13.2. The van der Waals surface area contributed by atoms with Gasteiger partial charge in [0.1, 0.15) is 11.1 Å².